The van der Waals surface area contributed by atoms with Crippen LogP contribution < -0.4 is 14.8 Å². The maximum absolute atomic E-state index is 12.6. The Hall–Kier alpha value is -2.44. The number of hydrogen-bond donors (Lipinski definition) is 1. The summed E-state index contributed by atoms with van der Waals surface area (Å²) in [6, 6.07) is 5.61. The van der Waals surface area contributed by atoms with Crippen LogP contribution in [0.4, 0.5) is 10.5 Å². The van der Waals surface area contributed by atoms with E-state index in [2.05, 4.69) is 24.1 Å². The fourth-order valence-corrected chi connectivity index (χ4v) is 5.74. The predicted molar refractivity (Wildman–Crippen MR) is 106 cm³/mol. The lowest BCUT2D eigenvalue weighted by atomic mass is 9.64. The first-order valence-corrected chi connectivity index (χ1v) is 10.6. The summed E-state index contributed by atoms with van der Waals surface area (Å²) in [5.41, 5.74) is 0.688. The van der Waals surface area contributed by atoms with Crippen molar-refractivity contribution in [1.82, 2.24) is 4.90 Å². The van der Waals surface area contributed by atoms with Gasteiger partial charge in [0.1, 0.15) is 6.10 Å². The lowest BCUT2D eigenvalue weighted by molar-refractivity contribution is -0.133. The first-order valence-electron chi connectivity index (χ1n) is 10.6. The topological polar surface area (TPSA) is 77.1 Å². The summed E-state index contributed by atoms with van der Waals surface area (Å²) in [6.45, 7) is 5.57. The van der Waals surface area contributed by atoms with Gasteiger partial charge in [0.25, 0.3) is 0 Å². The minimum Gasteiger partial charge on any atom is -0.454 e. The van der Waals surface area contributed by atoms with Crippen molar-refractivity contribution in [2.45, 2.75) is 58.1 Å². The molecule has 29 heavy (non-hydrogen) atoms. The van der Waals surface area contributed by atoms with Gasteiger partial charge in [-0.3, -0.25) is 10.1 Å². The van der Waals surface area contributed by atoms with Gasteiger partial charge >= 0.3 is 6.09 Å². The highest BCUT2D eigenvalue weighted by atomic mass is 16.7. The Kier molecular flexibility index (Phi) is 4.37. The second-order valence-electron chi connectivity index (χ2n) is 9.41. The number of hydrogen-bond acceptors (Lipinski definition) is 5. The van der Waals surface area contributed by atoms with E-state index in [0.717, 1.165) is 32.2 Å². The van der Waals surface area contributed by atoms with Crippen LogP contribution in [-0.4, -0.2) is 42.4 Å². The Labute approximate surface area is 170 Å². The van der Waals surface area contributed by atoms with E-state index in [-0.39, 0.29) is 18.3 Å². The molecule has 0 radical (unpaired) electrons. The molecule has 4 atom stereocenters. The highest BCUT2D eigenvalue weighted by Crippen LogP contribution is 2.51. The van der Waals surface area contributed by atoms with Crippen molar-refractivity contribution >= 4 is 17.7 Å². The molecule has 4 aliphatic rings. The Bertz CT molecular complexity index is 838. The first-order chi connectivity index (χ1) is 13.9. The summed E-state index contributed by atoms with van der Waals surface area (Å²) in [4.78, 5) is 27.2. The first kappa shape index (κ1) is 18.6. The van der Waals surface area contributed by atoms with E-state index >= 15 is 0 Å². The van der Waals surface area contributed by atoms with Crippen molar-refractivity contribution < 1.29 is 23.8 Å². The van der Waals surface area contributed by atoms with Crippen molar-refractivity contribution in [3.63, 3.8) is 0 Å². The number of carbonyl (C=O) groups excluding carboxylic acids is 2. The van der Waals surface area contributed by atoms with E-state index in [4.69, 9.17) is 14.2 Å². The molecule has 0 bridgehead atoms. The summed E-state index contributed by atoms with van der Waals surface area (Å²) >= 11 is 0. The smallest absolute Gasteiger partial charge is 0.411 e. The van der Waals surface area contributed by atoms with Gasteiger partial charge in [0, 0.05) is 30.8 Å². The molecule has 0 spiro atoms. The molecule has 1 aliphatic carbocycles. The molecule has 3 aliphatic heterocycles. The molecular formula is C22H28N2O5. The van der Waals surface area contributed by atoms with Crippen LogP contribution >= 0.6 is 0 Å². The highest BCUT2D eigenvalue weighted by Gasteiger charge is 2.53. The van der Waals surface area contributed by atoms with Crippen LogP contribution in [-0.2, 0) is 9.53 Å². The third kappa shape index (κ3) is 3.30. The molecule has 1 aromatic carbocycles. The molecule has 0 aromatic heterocycles. The molecule has 1 aromatic rings. The van der Waals surface area contributed by atoms with Gasteiger partial charge in [-0.05, 0) is 55.1 Å². The van der Waals surface area contributed by atoms with Gasteiger partial charge in [-0.15, -0.1) is 0 Å². The van der Waals surface area contributed by atoms with Crippen molar-refractivity contribution in [2.24, 2.45) is 17.3 Å². The van der Waals surface area contributed by atoms with Crippen LogP contribution in [0.25, 0.3) is 0 Å². The van der Waals surface area contributed by atoms with E-state index in [1.165, 1.54) is 0 Å². The lowest BCUT2D eigenvalue weighted by Crippen LogP contribution is -2.50. The zero-order valence-corrected chi connectivity index (χ0v) is 17.0. The number of nitrogens with zero attached hydrogens (tertiary/aromatic N) is 1. The van der Waals surface area contributed by atoms with Gasteiger partial charge in [0.05, 0.1) is 0 Å². The minimum absolute atomic E-state index is 0.0630. The van der Waals surface area contributed by atoms with E-state index in [1.54, 1.807) is 18.2 Å². The molecule has 7 heteroatoms. The van der Waals surface area contributed by atoms with Crippen LogP contribution in [0.2, 0.25) is 0 Å². The summed E-state index contributed by atoms with van der Waals surface area (Å²) in [6.07, 6.45) is 3.61. The number of benzene rings is 1. The fourth-order valence-electron chi connectivity index (χ4n) is 5.74. The normalized spacial score (nSPS) is 31.8. The molecule has 156 valence electrons. The van der Waals surface area contributed by atoms with Gasteiger partial charge in [0.15, 0.2) is 11.5 Å². The Morgan fingerprint density at radius 1 is 1.24 bits per heavy atom. The molecule has 1 N–H and O–H groups in total. The van der Waals surface area contributed by atoms with E-state index in [0.29, 0.717) is 47.4 Å². The molecule has 2 saturated heterocycles. The van der Waals surface area contributed by atoms with Crippen LogP contribution in [0.15, 0.2) is 18.2 Å². The molecule has 1 saturated carbocycles. The third-order valence-electron chi connectivity index (χ3n) is 7.28. The van der Waals surface area contributed by atoms with E-state index < -0.39 is 6.09 Å². The van der Waals surface area contributed by atoms with E-state index in [1.807, 2.05) is 0 Å². The number of rotatable bonds is 2. The number of nitrogens with one attached hydrogen (secondary N) is 1. The average Bonchev–Trinajstić information content (AvgIpc) is 3.29. The fraction of sp³-hybridized carbons (Fsp3) is 0.636. The quantitative estimate of drug-likeness (QED) is 0.818. The van der Waals surface area contributed by atoms with Gasteiger partial charge < -0.3 is 19.1 Å². The van der Waals surface area contributed by atoms with Crippen molar-refractivity contribution in [3.05, 3.63) is 18.2 Å². The molecule has 5 rings (SSSR count). The number of anilines is 1. The molecule has 2 amide bonds. The van der Waals surface area contributed by atoms with Gasteiger partial charge in [-0.2, -0.15) is 0 Å². The third-order valence-corrected chi connectivity index (χ3v) is 7.28. The summed E-state index contributed by atoms with van der Waals surface area (Å²) in [5, 5.41) is 2.81. The van der Waals surface area contributed by atoms with Crippen LogP contribution in [0, 0.1) is 17.3 Å². The molecule has 7 nitrogen and oxygen atoms in total. The monoisotopic (exact) mass is 400 g/mol. The van der Waals surface area contributed by atoms with Crippen molar-refractivity contribution in [2.75, 3.05) is 18.7 Å². The summed E-state index contributed by atoms with van der Waals surface area (Å²) in [7, 11) is 0. The number of amides is 2. The standard InChI is InChI=1S/C22H28N2O5/c1-22(2)7-5-19(25)24-8-6-13-9-15(11-16(22)20(13)24)29-21(26)23-14-3-4-17-18(10-14)28-12-27-17/h3-4,10,13,15-16,20H,5-9,11-12H2,1-2H3,(H,23,26). The van der Waals surface area contributed by atoms with Gasteiger partial charge in [-0.1, -0.05) is 13.8 Å². The minimum atomic E-state index is -0.440. The predicted octanol–water partition coefficient (Wildman–Crippen LogP) is 3.78. The van der Waals surface area contributed by atoms with Crippen LogP contribution in [0.5, 0.6) is 11.5 Å². The maximum atomic E-state index is 12.6. The molecular weight excluding hydrogens is 372 g/mol. The zero-order valence-electron chi connectivity index (χ0n) is 17.0. The van der Waals surface area contributed by atoms with E-state index in [9.17, 15) is 9.59 Å². The highest BCUT2D eigenvalue weighted by molar-refractivity contribution is 5.85. The number of fused-ring (bicyclic) bond motifs is 1. The van der Waals surface area contributed by atoms with Gasteiger partial charge in [0.2, 0.25) is 12.7 Å². The Balaban J connectivity index is 1.28. The SMILES string of the molecule is CC1(C)CCC(=O)N2CCC3CC(OC(=O)Nc4ccc5c(c4)OCO5)CC1C32. The van der Waals surface area contributed by atoms with Gasteiger partial charge in [-0.25, -0.2) is 4.79 Å². The van der Waals surface area contributed by atoms with Crippen LogP contribution in [0.1, 0.15) is 46.0 Å². The molecule has 3 heterocycles. The lowest BCUT2D eigenvalue weighted by Gasteiger charge is -2.46. The summed E-state index contributed by atoms with van der Waals surface area (Å²) < 4.78 is 16.5. The largest absolute Gasteiger partial charge is 0.454 e. The maximum Gasteiger partial charge on any atom is 0.411 e. The van der Waals surface area contributed by atoms with Crippen molar-refractivity contribution in [1.29, 1.82) is 0 Å². The molecule has 4 unspecified atom stereocenters. The van der Waals surface area contributed by atoms with Crippen LogP contribution in [0.3, 0.4) is 0 Å². The Morgan fingerprint density at radius 3 is 2.93 bits per heavy atom. The molecule has 3 fully saturated rings. The van der Waals surface area contributed by atoms with Crippen molar-refractivity contribution in [3.8, 4) is 11.5 Å². The second-order valence-corrected chi connectivity index (χ2v) is 9.41. The summed E-state index contributed by atoms with van der Waals surface area (Å²) in [5.74, 6) is 2.38. The number of carbonyl (C=O) groups is 2. The second kappa shape index (κ2) is 6.82. The Morgan fingerprint density at radius 2 is 2.07 bits per heavy atom. The average molecular weight is 400 g/mol. The zero-order chi connectivity index (χ0) is 20.2. The number of ether oxygens (including phenoxy) is 3.